The fraction of sp³-hybridized carbons (Fsp3) is 0.409. The summed E-state index contributed by atoms with van der Waals surface area (Å²) in [5.41, 5.74) is 1.24. The van der Waals surface area contributed by atoms with E-state index in [0.717, 1.165) is 25.7 Å². The number of nitrogens with zero attached hydrogens (tertiary/aromatic N) is 2. The van der Waals surface area contributed by atoms with Gasteiger partial charge in [0.15, 0.2) is 5.13 Å². The van der Waals surface area contributed by atoms with Crippen LogP contribution in [-0.2, 0) is 30.8 Å². The van der Waals surface area contributed by atoms with Crippen molar-refractivity contribution in [3.8, 4) is 0 Å². The molecule has 1 saturated heterocycles. The minimum atomic E-state index is -3.49. The second-order valence-corrected chi connectivity index (χ2v) is 10.1. The van der Waals surface area contributed by atoms with Crippen molar-refractivity contribution in [1.29, 1.82) is 0 Å². The van der Waals surface area contributed by atoms with Gasteiger partial charge >= 0.3 is 5.97 Å². The summed E-state index contributed by atoms with van der Waals surface area (Å²) in [6.45, 7) is 3.16. The highest BCUT2D eigenvalue weighted by atomic mass is 32.2. The number of hydrogen-bond donors (Lipinski definition) is 1. The maximum Gasteiger partial charge on any atom is 0.311 e. The molecule has 0 atom stereocenters. The third kappa shape index (κ3) is 6.72. The lowest BCUT2D eigenvalue weighted by Crippen LogP contribution is -2.31. The lowest BCUT2D eigenvalue weighted by atomic mass is 10.2. The van der Waals surface area contributed by atoms with Crippen molar-refractivity contribution in [1.82, 2.24) is 9.29 Å². The Kier molecular flexibility index (Phi) is 8.54. The first-order valence-electron chi connectivity index (χ1n) is 10.6. The zero-order valence-corrected chi connectivity index (χ0v) is 19.6. The molecule has 3 rings (SSSR count). The number of rotatable bonds is 8. The zero-order valence-electron chi connectivity index (χ0n) is 18.0. The van der Waals surface area contributed by atoms with Crippen LogP contribution in [0.25, 0.3) is 6.08 Å². The number of hydrogen-bond acceptors (Lipinski definition) is 7. The third-order valence-corrected chi connectivity index (χ3v) is 7.64. The Morgan fingerprint density at radius 3 is 2.50 bits per heavy atom. The summed E-state index contributed by atoms with van der Waals surface area (Å²) in [6, 6.07) is 6.49. The van der Waals surface area contributed by atoms with E-state index < -0.39 is 10.0 Å². The van der Waals surface area contributed by atoms with E-state index >= 15 is 0 Å². The minimum Gasteiger partial charge on any atom is -0.466 e. The van der Waals surface area contributed by atoms with Gasteiger partial charge in [0.2, 0.25) is 15.9 Å². The quantitative estimate of drug-likeness (QED) is 0.461. The van der Waals surface area contributed by atoms with Crippen molar-refractivity contribution in [2.24, 2.45) is 0 Å². The molecular formula is C22H27N3O5S2. The second kappa shape index (κ2) is 11.3. The Hall–Kier alpha value is -2.56. The molecule has 0 radical (unpaired) electrons. The molecule has 1 aromatic carbocycles. The highest BCUT2D eigenvalue weighted by molar-refractivity contribution is 7.89. The van der Waals surface area contributed by atoms with Gasteiger partial charge in [-0.1, -0.05) is 25.0 Å². The summed E-state index contributed by atoms with van der Waals surface area (Å²) in [5, 5.41) is 4.73. The molecule has 0 saturated carbocycles. The van der Waals surface area contributed by atoms with Crippen LogP contribution in [0.2, 0.25) is 0 Å². The van der Waals surface area contributed by atoms with Gasteiger partial charge in [0, 0.05) is 24.5 Å². The van der Waals surface area contributed by atoms with Gasteiger partial charge < -0.3 is 4.74 Å². The van der Waals surface area contributed by atoms with Crippen LogP contribution in [-0.4, -0.2) is 49.3 Å². The van der Waals surface area contributed by atoms with Crippen LogP contribution >= 0.6 is 11.3 Å². The first kappa shape index (κ1) is 24.1. The van der Waals surface area contributed by atoms with Crippen molar-refractivity contribution in [2.45, 2.75) is 43.9 Å². The molecule has 0 aliphatic carbocycles. The number of sulfonamides is 1. The van der Waals surface area contributed by atoms with Crippen molar-refractivity contribution < 1.29 is 22.7 Å². The summed E-state index contributed by atoms with van der Waals surface area (Å²) >= 11 is 1.22. The Balaban J connectivity index is 1.57. The molecule has 1 amide bonds. The van der Waals surface area contributed by atoms with Crippen LogP contribution in [0.4, 0.5) is 5.13 Å². The monoisotopic (exact) mass is 477 g/mol. The molecule has 1 aromatic heterocycles. The maximum absolute atomic E-state index is 12.8. The Morgan fingerprint density at radius 2 is 1.84 bits per heavy atom. The Labute approximate surface area is 192 Å². The van der Waals surface area contributed by atoms with E-state index in [1.807, 2.05) is 0 Å². The molecule has 0 bridgehead atoms. The van der Waals surface area contributed by atoms with Crippen LogP contribution in [0.1, 0.15) is 43.9 Å². The van der Waals surface area contributed by atoms with Crippen molar-refractivity contribution in [2.75, 3.05) is 25.0 Å². The number of benzene rings is 1. The number of aromatic nitrogens is 1. The molecule has 8 nitrogen and oxygen atoms in total. The van der Waals surface area contributed by atoms with Gasteiger partial charge in [-0.15, -0.1) is 11.3 Å². The normalized spacial score (nSPS) is 15.4. The predicted octanol–water partition coefficient (Wildman–Crippen LogP) is 3.47. The van der Waals surface area contributed by atoms with E-state index in [9.17, 15) is 18.0 Å². The fourth-order valence-electron chi connectivity index (χ4n) is 3.31. The van der Waals surface area contributed by atoms with Crippen LogP contribution in [0.5, 0.6) is 0 Å². The molecule has 172 valence electrons. The van der Waals surface area contributed by atoms with Crippen LogP contribution in [0, 0.1) is 0 Å². The molecule has 0 spiro atoms. The number of carbonyl (C=O) groups is 2. The van der Waals surface area contributed by atoms with E-state index in [-0.39, 0.29) is 23.2 Å². The molecule has 0 unspecified atom stereocenters. The van der Waals surface area contributed by atoms with Crippen LogP contribution in [0.15, 0.2) is 40.6 Å². The Bertz CT molecular complexity index is 1050. The summed E-state index contributed by atoms with van der Waals surface area (Å²) in [7, 11) is -3.49. The molecule has 10 heteroatoms. The molecule has 1 aliphatic rings. The number of nitrogens with one attached hydrogen (secondary N) is 1. The average Bonchev–Trinajstić information content (AvgIpc) is 3.01. The highest BCUT2D eigenvalue weighted by Crippen LogP contribution is 2.21. The smallest absolute Gasteiger partial charge is 0.311 e. The Morgan fingerprint density at radius 1 is 1.16 bits per heavy atom. The van der Waals surface area contributed by atoms with E-state index in [1.54, 1.807) is 47.0 Å². The van der Waals surface area contributed by atoms with Crippen molar-refractivity contribution in [3.63, 3.8) is 0 Å². The maximum atomic E-state index is 12.8. The third-order valence-electron chi connectivity index (χ3n) is 4.92. The van der Waals surface area contributed by atoms with Gasteiger partial charge in [-0.3, -0.25) is 14.9 Å². The standard InChI is InChI=1S/C22H27N3O5S2/c1-2-30-21(27)15-18-16-31-22(23-18)24-20(26)12-9-17-7-10-19(11-8-17)32(28,29)25-13-5-3-4-6-14-25/h7-12,16H,2-6,13-15H2,1H3,(H,23,24,26)/b12-9+. The van der Waals surface area contributed by atoms with E-state index in [2.05, 4.69) is 10.3 Å². The lowest BCUT2D eigenvalue weighted by molar-refractivity contribution is -0.142. The number of esters is 1. The number of thiazole rings is 1. The van der Waals surface area contributed by atoms with E-state index in [1.165, 1.54) is 17.4 Å². The summed E-state index contributed by atoms with van der Waals surface area (Å²) in [4.78, 5) is 28.1. The van der Waals surface area contributed by atoms with Crippen LogP contribution < -0.4 is 5.32 Å². The average molecular weight is 478 g/mol. The van der Waals surface area contributed by atoms with Gasteiger partial charge in [0.25, 0.3) is 0 Å². The summed E-state index contributed by atoms with van der Waals surface area (Å²) in [5.74, 6) is -0.736. The van der Waals surface area contributed by atoms with Gasteiger partial charge in [-0.2, -0.15) is 4.31 Å². The van der Waals surface area contributed by atoms with Gasteiger partial charge in [-0.25, -0.2) is 13.4 Å². The van der Waals surface area contributed by atoms with Crippen molar-refractivity contribution in [3.05, 3.63) is 47.0 Å². The molecule has 2 heterocycles. The summed E-state index contributed by atoms with van der Waals surface area (Å²) in [6.07, 6.45) is 6.91. The zero-order chi connectivity index (χ0) is 23.0. The van der Waals surface area contributed by atoms with Gasteiger partial charge in [0.1, 0.15) is 0 Å². The number of amides is 1. The molecular weight excluding hydrogens is 450 g/mol. The molecule has 1 N–H and O–H groups in total. The molecule has 32 heavy (non-hydrogen) atoms. The SMILES string of the molecule is CCOC(=O)Cc1csc(NC(=O)/C=C/c2ccc(S(=O)(=O)N3CCCCCC3)cc2)n1. The van der Waals surface area contributed by atoms with E-state index in [0.29, 0.717) is 36.1 Å². The molecule has 2 aromatic rings. The first-order valence-corrected chi connectivity index (χ1v) is 12.9. The minimum absolute atomic E-state index is 0.0583. The number of carbonyl (C=O) groups excluding carboxylic acids is 2. The molecule has 1 aliphatic heterocycles. The second-order valence-electron chi connectivity index (χ2n) is 7.34. The fourth-order valence-corrected chi connectivity index (χ4v) is 5.54. The largest absolute Gasteiger partial charge is 0.466 e. The van der Waals surface area contributed by atoms with Gasteiger partial charge in [0.05, 0.1) is 23.6 Å². The lowest BCUT2D eigenvalue weighted by Gasteiger charge is -2.19. The van der Waals surface area contributed by atoms with Crippen molar-refractivity contribution >= 4 is 44.4 Å². The van der Waals surface area contributed by atoms with Gasteiger partial charge in [-0.05, 0) is 43.5 Å². The first-order chi connectivity index (χ1) is 15.4. The predicted molar refractivity (Wildman–Crippen MR) is 124 cm³/mol. The number of anilines is 1. The molecule has 1 fully saturated rings. The summed E-state index contributed by atoms with van der Waals surface area (Å²) < 4.78 is 32.1. The highest BCUT2D eigenvalue weighted by Gasteiger charge is 2.24. The van der Waals surface area contributed by atoms with E-state index in [4.69, 9.17) is 4.74 Å². The van der Waals surface area contributed by atoms with Crippen LogP contribution in [0.3, 0.4) is 0 Å². The topological polar surface area (TPSA) is 106 Å². The number of ether oxygens (including phenoxy) is 1.